The van der Waals surface area contributed by atoms with Gasteiger partial charge in [0.15, 0.2) is 0 Å². The van der Waals surface area contributed by atoms with Crippen molar-refractivity contribution >= 4 is 27.6 Å². The Balaban J connectivity index is 2.44. The molecule has 1 aromatic rings. The lowest BCUT2D eigenvalue weighted by Crippen LogP contribution is -2.24. The van der Waals surface area contributed by atoms with Crippen LogP contribution in [-0.2, 0) is 9.53 Å². The summed E-state index contributed by atoms with van der Waals surface area (Å²) < 4.78 is 18.4. The molecule has 1 aromatic carbocycles. The molecule has 0 aliphatic heterocycles. The van der Waals surface area contributed by atoms with Crippen LogP contribution in [-0.4, -0.2) is 30.3 Å². The van der Waals surface area contributed by atoms with E-state index in [1.807, 2.05) is 0 Å². The minimum atomic E-state index is -0.876. The number of hydrogen-bond donors (Lipinski definition) is 2. The molecule has 4 nitrogen and oxygen atoms in total. The van der Waals surface area contributed by atoms with Gasteiger partial charge in [-0.1, -0.05) is 0 Å². The van der Waals surface area contributed by atoms with Crippen LogP contribution in [0.3, 0.4) is 0 Å². The average Bonchev–Trinajstić information content (AvgIpc) is 2.30. The third kappa shape index (κ3) is 5.01. The van der Waals surface area contributed by atoms with Crippen LogP contribution in [0, 0.1) is 5.82 Å². The van der Waals surface area contributed by atoms with Gasteiger partial charge in [-0.05, 0) is 41.1 Å². The number of carbonyl (C=O) groups excluding carboxylic acids is 1. The van der Waals surface area contributed by atoms with Gasteiger partial charge >= 0.3 is 5.97 Å². The van der Waals surface area contributed by atoms with Gasteiger partial charge in [-0.25, -0.2) is 4.39 Å². The van der Waals surface area contributed by atoms with Gasteiger partial charge in [-0.2, -0.15) is 0 Å². The highest BCUT2D eigenvalue weighted by molar-refractivity contribution is 9.10. The molecule has 1 atom stereocenters. The SMILES string of the molecule is CCOC(=O)CC(O)CNc1cc(F)ccc1Br. The summed E-state index contributed by atoms with van der Waals surface area (Å²) in [5.74, 6) is -0.828. The Morgan fingerprint density at radius 3 is 3.00 bits per heavy atom. The summed E-state index contributed by atoms with van der Waals surface area (Å²) >= 11 is 3.25. The predicted octanol–water partition coefficient (Wildman–Crippen LogP) is 2.31. The van der Waals surface area contributed by atoms with Crippen LogP contribution in [0.2, 0.25) is 0 Å². The fourth-order valence-electron chi connectivity index (χ4n) is 1.35. The van der Waals surface area contributed by atoms with Crippen LogP contribution in [0.25, 0.3) is 0 Å². The molecule has 0 amide bonds. The van der Waals surface area contributed by atoms with Crippen LogP contribution in [0.5, 0.6) is 0 Å². The molecule has 1 unspecified atom stereocenters. The van der Waals surface area contributed by atoms with Gasteiger partial charge in [-0.3, -0.25) is 4.79 Å². The first-order valence-electron chi connectivity index (χ1n) is 5.55. The molecule has 6 heteroatoms. The Morgan fingerprint density at radius 2 is 2.33 bits per heavy atom. The number of esters is 1. The van der Waals surface area contributed by atoms with Gasteiger partial charge in [0.1, 0.15) is 5.82 Å². The second-order valence-corrected chi connectivity index (χ2v) is 4.52. The number of aliphatic hydroxyl groups is 1. The van der Waals surface area contributed by atoms with Gasteiger partial charge < -0.3 is 15.2 Å². The van der Waals surface area contributed by atoms with Crippen molar-refractivity contribution in [2.24, 2.45) is 0 Å². The highest BCUT2D eigenvalue weighted by atomic mass is 79.9. The second-order valence-electron chi connectivity index (χ2n) is 3.67. The van der Waals surface area contributed by atoms with Crippen LogP contribution < -0.4 is 5.32 Å². The van der Waals surface area contributed by atoms with E-state index in [1.54, 1.807) is 13.0 Å². The third-order valence-electron chi connectivity index (χ3n) is 2.16. The predicted molar refractivity (Wildman–Crippen MR) is 69.8 cm³/mol. The first-order valence-corrected chi connectivity index (χ1v) is 6.34. The summed E-state index contributed by atoms with van der Waals surface area (Å²) in [5.41, 5.74) is 0.526. The monoisotopic (exact) mass is 319 g/mol. The van der Waals surface area contributed by atoms with Crippen molar-refractivity contribution in [1.29, 1.82) is 0 Å². The van der Waals surface area contributed by atoms with E-state index in [1.165, 1.54) is 12.1 Å². The van der Waals surface area contributed by atoms with Crippen molar-refractivity contribution in [3.05, 3.63) is 28.5 Å². The zero-order valence-corrected chi connectivity index (χ0v) is 11.5. The Labute approximate surface area is 113 Å². The molecule has 1 rings (SSSR count). The molecule has 0 aromatic heterocycles. The molecule has 0 heterocycles. The van der Waals surface area contributed by atoms with Crippen molar-refractivity contribution in [2.75, 3.05) is 18.5 Å². The summed E-state index contributed by atoms with van der Waals surface area (Å²) in [7, 11) is 0. The Bertz CT molecular complexity index is 414. The lowest BCUT2D eigenvalue weighted by Gasteiger charge is -2.13. The lowest BCUT2D eigenvalue weighted by molar-refractivity contribution is -0.145. The van der Waals surface area contributed by atoms with E-state index in [2.05, 4.69) is 21.2 Å². The van der Waals surface area contributed by atoms with E-state index in [0.717, 1.165) is 0 Å². The topological polar surface area (TPSA) is 58.6 Å². The van der Waals surface area contributed by atoms with Gasteiger partial charge in [0.25, 0.3) is 0 Å². The Morgan fingerprint density at radius 1 is 1.61 bits per heavy atom. The van der Waals surface area contributed by atoms with E-state index < -0.39 is 12.1 Å². The molecule has 2 N–H and O–H groups in total. The number of benzene rings is 1. The molecule has 0 bridgehead atoms. The number of carbonyl (C=O) groups is 1. The van der Waals surface area contributed by atoms with Crippen molar-refractivity contribution in [1.82, 2.24) is 0 Å². The quantitative estimate of drug-likeness (QED) is 0.790. The normalized spacial score (nSPS) is 12.0. The largest absolute Gasteiger partial charge is 0.466 e. The van der Waals surface area contributed by atoms with Gasteiger partial charge in [-0.15, -0.1) is 0 Å². The molecule has 100 valence electrons. The minimum absolute atomic E-state index is 0.0895. The molecule has 0 aliphatic rings. The first kappa shape index (κ1) is 14.9. The summed E-state index contributed by atoms with van der Waals surface area (Å²) in [6, 6.07) is 4.20. The maximum atomic E-state index is 13.0. The minimum Gasteiger partial charge on any atom is -0.466 e. The van der Waals surface area contributed by atoms with Gasteiger partial charge in [0.05, 0.1) is 24.8 Å². The van der Waals surface area contributed by atoms with E-state index in [9.17, 15) is 14.3 Å². The second kappa shape index (κ2) is 7.33. The zero-order chi connectivity index (χ0) is 13.5. The van der Waals surface area contributed by atoms with Crippen LogP contribution in [0.4, 0.5) is 10.1 Å². The summed E-state index contributed by atoms with van der Waals surface area (Å²) in [5, 5.41) is 12.5. The van der Waals surface area contributed by atoms with Crippen molar-refractivity contribution < 1.29 is 19.0 Å². The zero-order valence-electron chi connectivity index (χ0n) is 9.95. The molecule has 18 heavy (non-hydrogen) atoms. The standard InChI is InChI=1S/C12H15BrFNO3/c1-2-18-12(17)6-9(16)7-15-11-5-8(14)3-4-10(11)13/h3-5,9,15-16H,2,6-7H2,1H3. The molecule has 0 aliphatic carbocycles. The van der Waals surface area contributed by atoms with Crippen LogP contribution in [0.1, 0.15) is 13.3 Å². The summed E-state index contributed by atoms with van der Waals surface area (Å²) in [4.78, 5) is 11.1. The van der Waals surface area contributed by atoms with Crippen molar-refractivity contribution in [3.8, 4) is 0 Å². The highest BCUT2D eigenvalue weighted by Gasteiger charge is 2.12. The van der Waals surface area contributed by atoms with E-state index in [4.69, 9.17) is 4.74 Å². The molecular formula is C12H15BrFNO3. The molecule has 0 radical (unpaired) electrons. The Hall–Kier alpha value is -1.14. The third-order valence-corrected chi connectivity index (χ3v) is 2.86. The molecule has 0 spiro atoms. The van der Waals surface area contributed by atoms with Crippen LogP contribution >= 0.6 is 15.9 Å². The average molecular weight is 320 g/mol. The van der Waals surface area contributed by atoms with Crippen molar-refractivity contribution in [3.63, 3.8) is 0 Å². The number of aliphatic hydroxyl groups excluding tert-OH is 1. The van der Waals surface area contributed by atoms with Crippen molar-refractivity contribution in [2.45, 2.75) is 19.4 Å². The fourth-order valence-corrected chi connectivity index (χ4v) is 1.73. The molecule has 0 saturated carbocycles. The fraction of sp³-hybridized carbons (Fsp3) is 0.417. The maximum Gasteiger partial charge on any atom is 0.308 e. The molecule has 0 fully saturated rings. The number of halogens is 2. The van der Waals surface area contributed by atoms with E-state index in [0.29, 0.717) is 10.2 Å². The summed E-state index contributed by atoms with van der Waals surface area (Å²) in [6.07, 6.45) is -0.965. The first-order chi connectivity index (χ1) is 8.52. The highest BCUT2D eigenvalue weighted by Crippen LogP contribution is 2.22. The number of hydrogen-bond acceptors (Lipinski definition) is 4. The summed E-state index contributed by atoms with van der Waals surface area (Å²) in [6.45, 7) is 2.13. The smallest absolute Gasteiger partial charge is 0.308 e. The molecule has 0 saturated heterocycles. The number of ether oxygens (including phenoxy) is 1. The lowest BCUT2D eigenvalue weighted by atomic mass is 10.2. The number of nitrogens with one attached hydrogen (secondary N) is 1. The van der Waals surface area contributed by atoms with E-state index >= 15 is 0 Å². The van der Waals surface area contributed by atoms with Gasteiger partial charge in [0, 0.05) is 11.0 Å². The number of anilines is 1. The van der Waals surface area contributed by atoms with E-state index in [-0.39, 0.29) is 25.4 Å². The molecular weight excluding hydrogens is 305 g/mol. The van der Waals surface area contributed by atoms with Gasteiger partial charge in [0.2, 0.25) is 0 Å². The Kier molecular flexibility index (Phi) is 6.07. The number of rotatable bonds is 6. The maximum absolute atomic E-state index is 13.0. The van der Waals surface area contributed by atoms with Crippen LogP contribution in [0.15, 0.2) is 22.7 Å².